The van der Waals surface area contributed by atoms with Gasteiger partial charge in [-0.3, -0.25) is 4.98 Å². The first-order valence-corrected chi connectivity index (χ1v) is 6.76. The molecule has 17 heavy (non-hydrogen) atoms. The summed E-state index contributed by atoms with van der Waals surface area (Å²) >= 11 is 7.37. The van der Waals surface area contributed by atoms with E-state index in [1.807, 2.05) is 30.5 Å². The number of halogens is 1. The van der Waals surface area contributed by atoms with Crippen molar-refractivity contribution in [2.45, 2.75) is 10.8 Å². The molecule has 0 saturated carbocycles. The van der Waals surface area contributed by atoms with Gasteiger partial charge in [-0.25, -0.2) is 4.98 Å². The van der Waals surface area contributed by atoms with E-state index in [1.165, 1.54) is 4.90 Å². The maximum atomic E-state index is 5.68. The first-order valence-electron chi connectivity index (χ1n) is 5.00. The summed E-state index contributed by atoms with van der Waals surface area (Å²) in [6.07, 6.45) is 5.22. The van der Waals surface area contributed by atoms with Crippen LogP contribution in [0.25, 0.3) is 0 Å². The Morgan fingerprint density at radius 2 is 2.00 bits per heavy atom. The molecule has 1 heterocycles. The van der Waals surface area contributed by atoms with Crippen molar-refractivity contribution < 1.29 is 4.74 Å². The zero-order chi connectivity index (χ0) is 12.1. The molecule has 0 unspecified atom stereocenters. The maximum absolute atomic E-state index is 5.68. The monoisotopic (exact) mass is 266 g/mol. The Labute approximate surface area is 109 Å². The summed E-state index contributed by atoms with van der Waals surface area (Å²) in [6, 6.07) is 7.80. The van der Waals surface area contributed by atoms with Gasteiger partial charge in [0.05, 0.1) is 17.8 Å². The number of aromatic nitrogens is 2. The minimum atomic E-state index is 0.329. The van der Waals surface area contributed by atoms with Gasteiger partial charge in [0, 0.05) is 11.1 Å². The Hall–Kier alpha value is -1.26. The molecule has 0 aliphatic carbocycles. The lowest BCUT2D eigenvalue weighted by atomic mass is 10.3. The van der Waals surface area contributed by atoms with Crippen molar-refractivity contribution in [2.75, 3.05) is 6.26 Å². The predicted octanol–water partition coefficient (Wildman–Crippen LogP) is 3.73. The molecule has 3 nitrogen and oxygen atoms in total. The summed E-state index contributed by atoms with van der Waals surface area (Å²) in [5, 5.41) is 0. The number of benzene rings is 1. The highest BCUT2D eigenvalue weighted by Gasteiger charge is 2.01. The molecule has 0 fully saturated rings. The molecule has 0 atom stereocenters. The molecule has 0 aliphatic heterocycles. The van der Waals surface area contributed by atoms with Crippen LogP contribution in [0.3, 0.4) is 0 Å². The van der Waals surface area contributed by atoms with E-state index < -0.39 is 0 Å². The first kappa shape index (κ1) is 12.2. The quantitative estimate of drug-likeness (QED) is 0.624. The molecule has 2 rings (SSSR count). The van der Waals surface area contributed by atoms with Crippen molar-refractivity contribution in [3.63, 3.8) is 0 Å². The van der Waals surface area contributed by atoms with Gasteiger partial charge in [0.1, 0.15) is 5.75 Å². The van der Waals surface area contributed by atoms with Crippen LogP contribution in [-0.4, -0.2) is 16.2 Å². The fourth-order valence-corrected chi connectivity index (χ4v) is 1.80. The van der Waals surface area contributed by atoms with E-state index in [2.05, 4.69) is 9.97 Å². The molecular formula is C12H11ClN2OS. The molecule has 1 aromatic carbocycles. The number of alkyl halides is 1. The van der Waals surface area contributed by atoms with Crippen molar-refractivity contribution in [2.24, 2.45) is 0 Å². The van der Waals surface area contributed by atoms with Crippen LogP contribution in [-0.2, 0) is 5.88 Å². The van der Waals surface area contributed by atoms with Crippen LogP contribution < -0.4 is 4.74 Å². The van der Waals surface area contributed by atoms with Crippen LogP contribution in [0.2, 0.25) is 0 Å². The number of hydrogen-bond donors (Lipinski definition) is 0. The topological polar surface area (TPSA) is 35.0 Å². The molecule has 0 saturated heterocycles. The Balaban J connectivity index is 2.13. The highest BCUT2D eigenvalue weighted by Crippen LogP contribution is 2.22. The number of ether oxygens (including phenoxy) is 1. The molecular weight excluding hydrogens is 256 g/mol. The van der Waals surface area contributed by atoms with Crippen molar-refractivity contribution in [1.82, 2.24) is 9.97 Å². The molecule has 0 radical (unpaired) electrons. The Morgan fingerprint density at radius 3 is 2.65 bits per heavy atom. The highest BCUT2D eigenvalue weighted by atomic mass is 35.5. The van der Waals surface area contributed by atoms with Crippen LogP contribution in [0.4, 0.5) is 0 Å². The molecule has 0 amide bonds. The summed E-state index contributed by atoms with van der Waals surface area (Å²) in [5.41, 5.74) is 0.699. The van der Waals surface area contributed by atoms with Crippen LogP contribution in [0.5, 0.6) is 11.6 Å². The summed E-state index contributed by atoms with van der Waals surface area (Å²) in [7, 11) is 0. The molecule has 0 N–H and O–H groups in total. The van der Waals surface area contributed by atoms with Crippen molar-refractivity contribution >= 4 is 23.4 Å². The van der Waals surface area contributed by atoms with Gasteiger partial charge in [0.15, 0.2) is 0 Å². The molecule has 5 heteroatoms. The molecule has 0 bridgehead atoms. The van der Waals surface area contributed by atoms with Gasteiger partial charge in [0.2, 0.25) is 5.88 Å². The van der Waals surface area contributed by atoms with Gasteiger partial charge < -0.3 is 4.74 Å². The van der Waals surface area contributed by atoms with Crippen LogP contribution in [0.1, 0.15) is 5.69 Å². The SMILES string of the molecule is CSc1ccc(Oc2cncc(CCl)n2)cc1. The highest BCUT2D eigenvalue weighted by molar-refractivity contribution is 7.98. The molecule has 0 spiro atoms. The van der Waals surface area contributed by atoms with Crippen molar-refractivity contribution in [1.29, 1.82) is 0 Å². The largest absolute Gasteiger partial charge is 0.437 e. The Kier molecular flexibility index (Phi) is 4.23. The normalized spacial score (nSPS) is 10.2. The zero-order valence-corrected chi connectivity index (χ0v) is 10.8. The fourth-order valence-electron chi connectivity index (χ4n) is 1.26. The van der Waals surface area contributed by atoms with Gasteiger partial charge in [-0.2, -0.15) is 0 Å². The van der Waals surface area contributed by atoms with E-state index >= 15 is 0 Å². The second-order valence-corrected chi connectivity index (χ2v) is 4.41. The van der Waals surface area contributed by atoms with Gasteiger partial charge in [-0.15, -0.1) is 23.4 Å². The minimum absolute atomic E-state index is 0.329. The first-order chi connectivity index (χ1) is 8.31. The van der Waals surface area contributed by atoms with Crippen LogP contribution in [0, 0.1) is 0 Å². The van der Waals surface area contributed by atoms with Gasteiger partial charge in [-0.1, -0.05) is 0 Å². The van der Waals surface area contributed by atoms with E-state index in [0.717, 1.165) is 5.75 Å². The van der Waals surface area contributed by atoms with Crippen LogP contribution in [0.15, 0.2) is 41.6 Å². The van der Waals surface area contributed by atoms with Crippen molar-refractivity contribution in [3.05, 3.63) is 42.4 Å². The summed E-state index contributed by atoms with van der Waals surface area (Å²) < 4.78 is 5.58. The lowest BCUT2D eigenvalue weighted by Gasteiger charge is -2.05. The van der Waals surface area contributed by atoms with Gasteiger partial charge >= 0.3 is 0 Å². The second-order valence-electron chi connectivity index (χ2n) is 3.26. The molecule has 2 aromatic rings. The number of nitrogens with zero attached hydrogens (tertiary/aromatic N) is 2. The van der Waals surface area contributed by atoms with E-state index in [0.29, 0.717) is 17.5 Å². The fraction of sp³-hybridized carbons (Fsp3) is 0.167. The smallest absolute Gasteiger partial charge is 0.238 e. The van der Waals surface area contributed by atoms with E-state index in [9.17, 15) is 0 Å². The zero-order valence-electron chi connectivity index (χ0n) is 9.26. The standard InChI is InChI=1S/C12H11ClN2OS/c1-17-11-4-2-10(3-5-11)16-12-8-14-7-9(6-13)15-12/h2-5,7-8H,6H2,1H3. The third-order valence-corrected chi connectivity index (χ3v) is 3.10. The Morgan fingerprint density at radius 1 is 1.24 bits per heavy atom. The summed E-state index contributed by atoms with van der Waals surface area (Å²) in [6.45, 7) is 0. The third kappa shape index (κ3) is 3.35. The van der Waals surface area contributed by atoms with Crippen molar-refractivity contribution in [3.8, 4) is 11.6 Å². The van der Waals surface area contributed by atoms with Gasteiger partial charge in [-0.05, 0) is 30.5 Å². The lowest BCUT2D eigenvalue weighted by Crippen LogP contribution is -1.92. The maximum Gasteiger partial charge on any atom is 0.238 e. The predicted molar refractivity (Wildman–Crippen MR) is 69.9 cm³/mol. The van der Waals surface area contributed by atoms with Gasteiger partial charge in [0.25, 0.3) is 0 Å². The average molecular weight is 267 g/mol. The molecule has 0 aliphatic rings. The summed E-state index contributed by atoms with van der Waals surface area (Å²) in [4.78, 5) is 9.41. The van der Waals surface area contributed by atoms with E-state index in [-0.39, 0.29) is 0 Å². The second kappa shape index (κ2) is 5.89. The number of hydrogen-bond acceptors (Lipinski definition) is 4. The lowest BCUT2D eigenvalue weighted by molar-refractivity contribution is 0.458. The number of rotatable bonds is 4. The Bertz CT molecular complexity index is 490. The van der Waals surface area contributed by atoms with E-state index in [4.69, 9.17) is 16.3 Å². The summed E-state index contributed by atoms with van der Waals surface area (Å²) in [5.74, 6) is 1.53. The molecule has 1 aromatic heterocycles. The minimum Gasteiger partial charge on any atom is -0.437 e. The number of thioether (sulfide) groups is 1. The molecule has 88 valence electrons. The van der Waals surface area contributed by atoms with E-state index in [1.54, 1.807) is 24.2 Å². The third-order valence-electron chi connectivity index (χ3n) is 2.08. The van der Waals surface area contributed by atoms with Crippen LogP contribution >= 0.6 is 23.4 Å². The average Bonchev–Trinajstić information content (AvgIpc) is 2.40.